The number of fused-ring (bicyclic) bond motifs is 3. The second kappa shape index (κ2) is 7.55. The van der Waals surface area contributed by atoms with Gasteiger partial charge in [0.15, 0.2) is 6.10 Å². The van der Waals surface area contributed by atoms with Gasteiger partial charge < -0.3 is 14.0 Å². The number of ketones is 1. The molecule has 3 fully saturated rings. The molecule has 0 N–H and O–H groups in total. The highest BCUT2D eigenvalue weighted by Crippen LogP contribution is 2.36. The van der Waals surface area contributed by atoms with Crippen LogP contribution in [0.3, 0.4) is 0 Å². The van der Waals surface area contributed by atoms with Crippen LogP contribution >= 0.6 is 22.7 Å². The fourth-order valence-corrected chi connectivity index (χ4v) is 5.42. The SMILES string of the molecule is C=C(OCc1cccs1)O[C@H]1C[N+]2(CC(=O)c3cccs3)CCC1CC2. The van der Waals surface area contributed by atoms with Crippen molar-refractivity contribution in [1.29, 1.82) is 0 Å². The zero-order valence-electron chi connectivity index (χ0n) is 14.8. The molecule has 138 valence electrons. The predicted octanol–water partition coefficient (Wildman–Crippen LogP) is 4.31. The Morgan fingerprint density at radius 3 is 2.65 bits per heavy atom. The van der Waals surface area contributed by atoms with Gasteiger partial charge in [-0.1, -0.05) is 12.1 Å². The second-order valence-electron chi connectivity index (χ2n) is 7.26. The number of hydrogen-bond donors (Lipinski definition) is 0. The molecule has 5 rings (SSSR count). The molecule has 3 aliphatic rings. The Kier molecular flexibility index (Phi) is 5.16. The zero-order valence-corrected chi connectivity index (χ0v) is 16.4. The summed E-state index contributed by atoms with van der Waals surface area (Å²) in [5, 5.41) is 4.00. The molecule has 3 saturated heterocycles. The number of carbonyl (C=O) groups excluding carboxylic acids is 1. The Bertz CT molecular complexity index is 746. The molecule has 3 aliphatic heterocycles. The summed E-state index contributed by atoms with van der Waals surface area (Å²) in [5.41, 5.74) is 0. The number of piperidine rings is 3. The first-order valence-electron chi connectivity index (χ1n) is 9.06. The van der Waals surface area contributed by atoms with Crippen LogP contribution in [0.4, 0.5) is 0 Å². The van der Waals surface area contributed by atoms with Gasteiger partial charge in [0, 0.05) is 23.6 Å². The number of rotatable bonds is 8. The van der Waals surface area contributed by atoms with Crippen molar-refractivity contribution in [1.82, 2.24) is 0 Å². The minimum absolute atomic E-state index is 0.101. The molecule has 5 heterocycles. The summed E-state index contributed by atoms with van der Waals surface area (Å²) in [6, 6.07) is 7.93. The summed E-state index contributed by atoms with van der Waals surface area (Å²) >= 11 is 3.20. The van der Waals surface area contributed by atoms with E-state index in [0.29, 0.717) is 25.0 Å². The third kappa shape index (κ3) is 3.87. The highest BCUT2D eigenvalue weighted by atomic mass is 32.1. The molecule has 0 aromatic carbocycles. The van der Waals surface area contributed by atoms with E-state index in [1.165, 1.54) is 11.3 Å². The highest BCUT2D eigenvalue weighted by molar-refractivity contribution is 7.12. The van der Waals surface area contributed by atoms with Crippen LogP contribution in [0.25, 0.3) is 0 Å². The van der Waals surface area contributed by atoms with Crippen LogP contribution in [0.15, 0.2) is 47.5 Å². The highest BCUT2D eigenvalue weighted by Gasteiger charge is 2.48. The maximum Gasteiger partial charge on any atom is 0.272 e. The third-order valence-electron chi connectivity index (χ3n) is 5.55. The van der Waals surface area contributed by atoms with Gasteiger partial charge in [-0.05, 0) is 29.5 Å². The Balaban J connectivity index is 1.34. The standard InChI is InChI=1S/C20H24NO3S2/c1-15(23-14-17-4-2-10-25-17)24-19-13-21(8-6-16(19)7-9-21)12-18(22)20-5-3-11-26-20/h2-5,10-11,16,19H,1,6-9,12-14H2/q+1/t16?,19-,21?/m0/s1. The first-order valence-corrected chi connectivity index (χ1v) is 10.8. The van der Waals surface area contributed by atoms with Crippen molar-refractivity contribution in [2.75, 3.05) is 26.2 Å². The number of thiophene rings is 2. The first-order chi connectivity index (χ1) is 12.6. The molecular weight excluding hydrogens is 366 g/mol. The van der Waals surface area contributed by atoms with E-state index in [2.05, 4.69) is 6.58 Å². The molecule has 0 amide bonds. The van der Waals surface area contributed by atoms with Gasteiger partial charge >= 0.3 is 0 Å². The van der Waals surface area contributed by atoms with Crippen molar-refractivity contribution in [2.45, 2.75) is 25.6 Å². The normalized spacial score (nSPS) is 27.2. The lowest BCUT2D eigenvalue weighted by molar-refractivity contribution is -0.938. The summed E-state index contributed by atoms with van der Waals surface area (Å²) < 4.78 is 12.6. The maximum absolute atomic E-state index is 12.6. The van der Waals surface area contributed by atoms with Crippen molar-refractivity contribution in [3.63, 3.8) is 0 Å². The summed E-state index contributed by atoms with van der Waals surface area (Å²) in [5.74, 6) is 1.21. The van der Waals surface area contributed by atoms with Gasteiger partial charge in [0.25, 0.3) is 5.95 Å². The van der Waals surface area contributed by atoms with Crippen LogP contribution in [0.1, 0.15) is 27.4 Å². The van der Waals surface area contributed by atoms with E-state index in [0.717, 1.165) is 46.7 Å². The van der Waals surface area contributed by atoms with Crippen LogP contribution in [0.2, 0.25) is 0 Å². The fraction of sp³-hybridized carbons (Fsp3) is 0.450. The summed E-state index contributed by atoms with van der Waals surface area (Å²) in [4.78, 5) is 14.7. The predicted molar refractivity (Wildman–Crippen MR) is 104 cm³/mol. The summed E-state index contributed by atoms with van der Waals surface area (Å²) in [6.45, 7) is 8.05. The van der Waals surface area contributed by atoms with Crippen molar-refractivity contribution in [3.05, 3.63) is 57.3 Å². The molecular formula is C20H24NO3S2+. The molecule has 1 atom stereocenters. The average molecular weight is 391 g/mol. The maximum atomic E-state index is 12.6. The van der Waals surface area contributed by atoms with Crippen molar-refractivity contribution in [2.24, 2.45) is 5.92 Å². The van der Waals surface area contributed by atoms with Gasteiger partial charge in [-0.3, -0.25) is 4.79 Å². The lowest BCUT2D eigenvalue weighted by Crippen LogP contribution is -2.65. The van der Waals surface area contributed by atoms with Gasteiger partial charge in [0.1, 0.15) is 19.7 Å². The van der Waals surface area contributed by atoms with Crippen molar-refractivity contribution in [3.8, 4) is 0 Å². The summed E-state index contributed by atoms with van der Waals surface area (Å²) in [6.07, 6.45) is 2.32. The van der Waals surface area contributed by atoms with E-state index in [1.54, 1.807) is 11.3 Å². The number of carbonyl (C=O) groups is 1. The molecule has 0 saturated carbocycles. The second-order valence-corrected chi connectivity index (χ2v) is 9.24. The molecule has 6 heteroatoms. The summed E-state index contributed by atoms with van der Waals surface area (Å²) in [7, 11) is 0. The third-order valence-corrected chi connectivity index (χ3v) is 7.32. The molecule has 0 radical (unpaired) electrons. The number of Topliss-reactive ketones (excluding diaryl/α,β-unsaturated/α-hetero) is 1. The Morgan fingerprint density at radius 2 is 1.96 bits per heavy atom. The molecule has 0 spiro atoms. The Labute approximate surface area is 162 Å². The van der Waals surface area contributed by atoms with Crippen LogP contribution in [-0.4, -0.2) is 42.5 Å². The van der Waals surface area contributed by atoms with Crippen molar-refractivity contribution >= 4 is 28.5 Å². The molecule has 0 aliphatic carbocycles. The van der Waals surface area contributed by atoms with Crippen LogP contribution in [0, 0.1) is 5.92 Å². The molecule has 2 aromatic rings. The van der Waals surface area contributed by atoms with Gasteiger partial charge in [-0.15, -0.1) is 22.7 Å². The van der Waals surface area contributed by atoms with E-state index in [-0.39, 0.29) is 11.9 Å². The van der Waals surface area contributed by atoms with E-state index >= 15 is 0 Å². The topological polar surface area (TPSA) is 35.5 Å². The zero-order chi connectivity index (χ0) is 18.0. The van der Waals surface area contributed by atoms with E-state index < -0.39 is 0 Å². The van der Waals surface area contributed by atoms with E-state index in [4.69, 9.17) is 9.47 Å². The Hall–Kier alpha value is -1.63. The first kappa shape index (κ1) is 17.8. The molecule has 26 heavy (non-hydrogen) atoms. The Morgan fingerprint density at radius 1 is 1.19 bits per heavy atom. The van der Waals surface area contributed by atoms with E-state index in [1.807, 2.05) is 35.0 Å². The number of ether oxygens (including phenoxy) is 2. The van der Waals surface area contributed by atoms with Gasteiger partial charge in [0.05, 0.1) is 18.0 Å². The minimum Gasteiger partial charge on any atom is -0.460 e. The van der Waals surface area contributed by atoms with Gasteiger partial charge in [-0.25, -0.2) is 0 Å². The number of quaternary nitrogens is 1. The smallest absolute Gasteiger partial charge is 0.272 e. The van der Waals surface area contributed by atoms with Crippen molar-refractivity contribution < 1.29 is 18.8 Å². The fourth-order valence-electron chi connectivity index (χ4n) is 4.15. The van der Waals surface area contributed by atoms with Gasteiger partial charge in [0.2, 0.25) is 5.78 Å². The quantitative estimate of drug-likeness (QED) is 0.383. The molecule has 2 aromatic heterocycles. The number of hydrogen-bond acceptors (Lipinski definition) is 5. The molecule has 4 nitrogen and oxygen atoms in total. The molecule has 0 unspecified atom stereocenters. The van der Waals surface area contributed by atoms with Crippen LogP contribution in [-0.2, 0) is 16.1 Å². The molecule has 2 bridgehead atoms. The monoisotopic (exact) mass is 390 g/mol. The largest absolute Gasteiger partial charge is 0.460 e. The lowest BCUT2D eigenvalue weighted by Gasteiger charge is -2.51. The average Bonchev–Trinajstić information content (AvgIpc) is 3.34. The van der Waals surface area contributed by atoms with Gasteiger partial charge in [-0.2, -0.15) is 0 Å². The minimum atomic E-state index is 0.101. The van der Waals surface area contributed by atoms with Crippen LogP contribution in [0.5, 0.6) is 0 Å². The number of nitrogens with zero attached hydrogens (tertiary/aromatic N) is 1. The lowest BCUT2D eigenvalue weighted by atomic mass is 9.83. The van der Waals surface area contributed by atoms with Crippen LogP contribution < -0.4 is 0 Å². The van der Waals surface area contributed by atoms with E-state index in [9.17, 15) is 4.79 Å².